The van der Waals surface area contributed by atoms with Gasteiger partial charge in [-0.3, -0.25) is 4.79 Å². The van der Waals surface area contributed by atoms with Crippen molar-refractivity contribution in [3.63, 3.8) is 0 Å². The molecule has 1 unspecified atom stereocenters. The van der Waals surface area contributed by atoms with E-state index in [2.05, 4.69) is 9.72 Å². The number of carbonyl (C=O) groups is 1. The van der Waals surface area contributed by atoms with Crippen LogP contribution in [0.4, 0.5) is 0 Å². The van der Waals surface area contributed by atoms with Crippen LogP contribution in [0.25, 0.3) is 0 Å². The van der Waals surface area contributed by atoms with E-state index in [1.807, 2.05) is 0 Å². The van der Waals surface area contributed by atoms with Gasteiger partial charge in [0.2, 0.25) is 0 Å². The van der Waals surface area contributed by atoms with E-state index in [1.165, 1.54) is 13.2 Å². The van der Waals surface area contributed by atoms with Crippen molar-refractivity contribution in [2.75, 3.05) is 7.11 Å². The van der Waals surface area contributed by atoms with Gasteiger partial charge >= 0.3 is 5.97 Å². The van der Waals surface area contributed by atoms with Crippen molar-refractivity contribution in [3.8, 4) is 0 Å². The number of aryl methyl sites for hydroxylation is 1. The topological polar surface area (TPSA) is 59.4 Å². The largest absolute Gasteiger partial charge is 0.469 e. The molecule has 1 N–H and O–H groups in total. The van der Waals surface area contributed by atoms with Crippen molar-refractivity contribution in [2.24, 2.45) is 0 Å². The van der Waals surface area contributed by atoms with Gasteiger partial charge in [0.1, 0.15) is 5.15 Å². The quantitative estimate of drug-likeness (QED) is 0.632. The molecule has 4 nitrogen and oxygen atoms in total. The van der Waals surface area contributed by atoms with Gasteiger partial charge in [-0.15, -0.1) is 0 Å². The van der Waals surface area contributed by atoms with Crippen LogP contribution in [0.2, 0.25) is 5.15 Å². The van der Waals surface area contributed by atoms with Gasteiger partial charge in [0, 0.05) is 5.69 Å². The first-order valence-corrected chi connectivity index (χ1v) is 4.79. The lowest BCUT2D eigenvalue weighted by Crippen LogP contribution is -2.08. The van der Waals surface area contributed by atoms with Crippen LogP contribution in [0.3, 0.4) is 0 Å². The molecule has 0 aliphatic carbocycles. The van der Waals surface area contributed by atoms with Gasteiger partial charge in [-0.1, -0.05) is 11.6 Å². The highest BCUT2D eigenvalue weighted by Crippen LogP contribution is 2.20. The van der Waals surface area contributed by atoms with E-state index < -0.39 is 12.1 Å². The number of ether oxygens (including phenoxy) is 1. The van der Waals surface area contributed by atoms with Crippen LogP contribution >= 0.6 is 11.6 Å². The van der Waals surface area contributed by atoms with Crippen molar-refractivity contribution in [1.29, 1.82) is 0 Å². The average molecular weight is 230 g/mol. The first kappa shape index (κ1) is 11.9. The predicted molar refractivity (Wildman–Crippen MR) is 55.6 cm³/mol. The molecule has 0 aromatic carbocycles. The number of halogens is 1. The van der Waals surface area contributed by atoms with Crippen LogP contribution in [0, 0.1) is 6.92 Å². The number of pyridine rings is 1. The lowest BCUT2D eigenvalue weighted by atomic mass is 10.1. The summed E-state index contributed by atoms with van der Waals surface area (Å²) in [6.07, 6.45) is -0.993. The zero-order chi connectivity index (χ0) is 11.4. The maximum Gasteiger partial charge on any atom is 0.308 e. The van der Waals surface area contributed by atoms with Crippen molar-refractivity contribution >= 4 is 17.6 Å². The van der Waals surface area contributed by atoms with E-state index in [1.54, 1.807) is 13.0 Å². The SMILES string of the molecule is COC(=O)CC(O)c1cc(C)nc(Cl)c1. The number of hydrogen-bond acceptors (Lipinski definition) is 4. The van der Waals surface area contributed by atoms with Crippen molar-refractivity contribution in [1.82, 2.24) is 4.98 Å². The standard InChI is InChI=1S/C10H12ClNO3/c1-6-3-7(4-9(11)12-6)8(13)5-10(14)15-2/h3-4,8,13H,5H2,1-2H3. The molecule has 82 valence electrons. The number of methoxy groups -OCH3 is 1. The van der Waals surface area contributed by atoms with Gasteiger partial charge in [0.25, 0.3) is 0 Å². The number of rotatable bonds is 3. The van der Waals surface area contributed by atoms with Crippen molar-refractivity contribution in [2.45, 2.75) is 19.4 Å². The molecule has 0 aliphatic heterocycles. The molecule has 0 amide bonds. The third-order valence-electron chi connectivity index (χ3n) is 1.92. The zero-order valence-corrected chi connectivity index (χ0v) is 9.28. The number of esters is 1. The molecule has 15 heavy (non-hydrogen) atoms. The molecule has 1 atom stereocenters. The number of nitrogens with zero attached hydrogens (tertiary/aromatic N) is 1. The van der Waals surface area contributed by atoms with Crippen molar-refractivity contribution in [3.05, 3.63) is 28.5 Å². The van der Waals surface area contributed by atoms with E-state index >= 15 is 0 Å². The molecule has 1 aromatic heterocycles. The number of carbonyl (C=O) groups excluding carboxylic acids is 1. The second-order valence-corrected chi connectivity index (χ2v) is 3.55. The molecule has 1 aromatic rings. The predicted octanol–water partition coefficient (Wildman–Crippen LogP) is 1.64. The molecular formula is C10H12ClNO3. The Morgan fingerprint density at radius 1 is 1.67 bits per heavy atom. The molecule has 1 rings (SSSR count). The fraction of sp³-hybridized carbons (Fsp3) is 0.400. The average Bonchev–Trinajstić information content (AvgIpc) is 2.16. The Morgan fingerprint density at radius 3 is 2.87 bits per heavy atom. The second kappa shape index (κ2) is 5.09. The Kier molecular flexibility index (Phi) is 4.05. The summed E-state index contributed by atoms with van der Waals surface area (Å²) in [6.45, 7) is 1.76. The van der Waals surface area contributed by atoms with Crippen LogP contribution in [-0.4, -0.2) is 23.2 Å². The lowest BCUT2D eigenvalue weighted by molar-refractivity contribution is -0.142. The highest BCUT2D eigenvalue weighted by Gasteiger charge is 2.14. The molecule has 0 saturated carbocycles. The Hall–Kier alpha value is -1.13. The molecule has 0 radical (unpaired) electrons. The van der Waals surface area contributed by atoms with E-state index in [9.17, 15) is 9.90 Å². The summed E-state index contributed by atoms with van der Waals surface area (Å²) in [5.74, 6) is -0.465. The fourth-order valence-corrected chi connectivity index (χ4v) is 1.46. The van der Waals surface area contributed by atoms with Gasteiger partial charge in [-0.05, 0) is 24.6 Å². The van der Waals surface area contributed by atoms with Crippen LogP contribution in [-0.2, 0) is 9.53 Å². The van der Waals surface area contributed by atoms with E-state index in [-0.39, 0.29) is 6.42 Å². The molecular weight excluding hydrogens is 218 g/mol. The molecule has 0 spiro atoms. The third-order valence-corrected chi connectivity index (χ3v) is 2.11. The molecule has 0 saturated heterocycles. The Morgan fingerprint density at radius 2 is 2.33 bits per heavy atom. The van der Waals surface area contributed by atoms with Crippen LogP contribution < -0.4 is 0 Å². The highest BCUT2D eigenvalue weighted by molar-refractivity contribution is 6.29. The van der Waals surface area contributed by atoms with Gasteiger partial charge < -0.3 is 9.84 Å². The minimum atomic E-state index is -0.906. The van der Waals surface area contributed by atoms with Crippen LogP contribution in [0.15, 0.2) is 12.1 Å². The van der Waals surface area contributed by atoms with Gasteiger partial charge in [0.15, 0.2) is 0 Å². The van der Waals surface area contributed by atoms with E-state index in [0.717, 1.165) is 0 Å². The smallest absolute Gasteiger partial charge is 0.308 e. The normalized spacial score (nSPS) is 12.3. The molecule has 5 heteroatoms. The number of aliphatic hydroxyl groups is 1. The first-order valence-electron chi connectivity index (χ1n) is 4.42. The lowest BCUT2D eigenvalue weighted by Gasteiger charge is -2.10. The van der Waals surface area contributed by atoms with Crippen molar-refractivity contribution < 1.29 is 14.6 Å². The maximum atomic E-state index is 10.9. The van der Waals surface area contributed by atoms with Crippen LogP contribution in [0.5, 0.6) is 0 Å². The minimum Gasteiger partial charge on any atom is -0.469 e. The summed E-state index contributed by atoms with van der Waals surface area (Å²) >= 11 is 5.73. The number of hydrogen-bond donors (Lipinski definition) is 1. The zero-order valence-electron chi connectivity index (χ0n) is 8.53. The summed E-state index contributed by atoms with van der Waals surface area (Å²) in [5, 5.41) is 9.98. The first-order chi connectivity index (χ1) is 7.02. The Labute approximate surface area is 92.8 Å². The molecule has 0 bridgehead atoms. The maximum absolute atomic E-state index is 10.9. The Balaban J connectivity index is 2.81. The summed E-state index contributed by atoms with van der Waals surface area (Å²) in [4.78, 5) is 14.9. The van der Waals surface area contributed by atoms with E-state index in [0.29, 0.717) is 16.4 Å². The second-order valence-electron chi connectivity index (χ2n) is 3.16. The fourth-order valence-electron chi connectivity index (χ4n) is 1.20. The molecule has 1 heterocycles. The number of aromatic nitrogens is 1. The van der Waals surface area contributed by atoms with Crippen LogP contribution in [0.1, 0.15) is 23.8 Å². The van der Waals surface area contributed by atoms with Gasteiger partial charge in [0.05, 0.1) is 19.6 Å². The summed E-state index contributed by atoms with van der Waals surface area (Å²) < 4.78 is 4.46. The number of aliphatic hydroxyl groups excluding tert-OH is 1. The van der Waals surface area contributed by atoms with E-state index in [4.69, 9.17) is 11.6 Å². The summed E-state index contributed by atoms with van der Waals surface area (Å²) in [6, 6.07) is 3.21. The Bertz CT molecular complexity index is 347. The van der Waals surface area contributed by atoms with Gasteiger partial charge in [-0.25, -0.2) is 4.98 Å². The highest BCUT2D eigenvalue weighted by atomic mass is 35.5. The third kappa shape index (κ3) is 3.49. The summed E-state index contributed by atoms with van der Waals surface area (Å²) in [7, 11) is 1.28. The van der Waals surface area contributed by atoms with Gasteiger partial charge in [-0.2, -0.15) is 0 Å². The summed E-state index contributed by atoms with van der Waals surface area (Å²) in [5.41, 5.74) is 1.26. The monoisotopic (exact) mass is 229 g/mol. The minimum absolute atomic E-state index is 0.0870. The molecule has 0 fully saturated rings. The molecule has 0 aliphatic rings.